The Morgan fingerprint density at radius 3 is 2.54 bits per heavy atom. The van der Waals surface area contributed by atoms with Gasteiger partial charge in [-0.2, -0.15) is 0 Å². The van der Waals surface area contributed by atoms with Crippen LogP contribution >= 0.6 is 0 Å². The van der Waals surface area contributed by atoms with E-state index in [0.29, 0.717) is 0 Å². The maximum Gasteiger partial charge on any atom is 0.137 e. The van der Waals surface area contributed by atoms with Gasteiger partial charge in [0.25, 0.3) is 0 Å². The van der Waals surface area contributed by atoms with E-state index in [4.69, 9.17) is 0 Å². The summed E-state index contributed by atoms with van der Waals surface area (Å²) in [4.78, 5) is 8.58. The van der Waals surface area contributed by atoms with Crippen molar-refractivity contribution in [3.8, 4) is 11.1 Å². The van der Waals surface area contributed by atoms with Gasteiger partial charge in [-0.1, -0.05) is 44.7 Å². The van der Waals surface area contributed by atoms with E-state index in [2.05, 4.69) is 39.2 Å². The summed E-state index contributed by atoms with van der Waals surface area (Å²) in [6, 6.07) is 8.17. The maximum atomic E-state index is 4.53. The molecule has 0 spiro atoms. The SMILES string of the molecule is C=C/C=C(\C=C/C)c1cnc2cc(-c3ccncc3)ccn12.CC. The molecule has 0 saturated heterocycles. The first kappa shape index (κ1) is 17.4. The Bertz CT molecular complexity index is 855. The number of allylic oxidation sites excluding steroid dienone is 5. The molecule has 0 unspecified atom stereocenters. The summed E-state index contributed by atoms with van der Waals surface area (Å²) in [5.74, 6) is 0. The number of rotatable bonds is 4. The van der Waals surface area contributed by atoms with Crippen molar-refractivity contribution in [1.29, 1.82) is 0 Å². The van der Waals surface area contributed by atoms with Crippen molar-refractivity contribution < 1.29 is 0 Å². The summed E-state index contributed by atoms with van der Waals surface area (Å²) in [7, 11) is 0. The predicted octanol–water partition coefficient (Wildman–Crippen LogP) is 5.57. The third-order valence-corrected chi connectivity index (χ3v) is 3.47. The normalized spacial score (nSPS) is 11.4. The molecule has 0 fully saturated rings. The Labute approximate surface area is 143 Å². The maximum absolute atomic E-state index is 4.53. The van der Waals surface area contributed by atoms with E-state index in [9.17, 15) is 0 Å². The fourth-order valence-electron chi connectivity index (χ4n) is 2.45. The predicted molar refractivity (Wildman–Crippen MR) is 103 cm³/mol. The molecule has 0 N–H and O–H groups in total. The summed E-state index contributed by atoms with van der Waals surface area (Å²) in [5.41, 5.74) is 5.32. The fraction of sp³-hybridized carbons (Fsp3) is 0.143. The molecule has 3 heterocycles. The average Bonchev–Trinajstić information content (AvgIpc) is 3.07. The Morgan fingerprint density at radius 2 is 1.88 bits per heavy atom. The van der Waals surface area contributed by atoms with Crippen molar-refractivity contribution in [3.05, 3.63) is 85.6 Å². The second-order valence-electron chi connectivity index (χ2n) is 4.88. The Balaban J connectivity index is 0.00000100. The van der Waals surface area contributed by atoms with Crippen molar-refractivity contribution in [3.63, 3.8) is 0 Å². The lowest BCUT2D eigenvalue weighted by atomic mass is 10.1. The van der Waals surface area contributed by atoms with E-state index in [-0.39, 0.29) is 0 Å². The molecule has 0 aliphatic rings. The number of nitrogens with zero attached hydrogens (tertiary/aromatic N) is 3. The third kappa shape index (κ3) is 3.69. The van der Waals surface area contributed by atoms with Gasteiger partial charge in [0.1, 0.15) is 5.65 Å². The molecule has 0 radical (unpaired) electrons. The monoisotopic (exact) mass is 317 g/mol. The zero-order valence-electron chi connectivity index (χ0n) is 14.5. The second kappa shape index (κ2) is 8.63. The van der Waals surface area contributed by atoms with Gasteiger partial charge in [-0.3, -0.25) is 9.38 Å². The van der Waals surface area contributed by atoms with Crippen LogP contribution < -0.4 is 0 Å². The average molecular weight is 317 g/mol. The first-order valence-corrected chi connectivity index (χ1v) is 8.17. The van der Waals surface area contributed by atoms with Gasteiger partial charge in [-0.05, 0) is 47.9 Å². The van der Waals surface area contributed by atoms with Gasteiger partial charge in [-0.15, -0.1) is 0 Å². The molecule has 3 aromatic rings. The highest BCUT2D eigenvalue weighted by Gasteiger charge is 2.07. The molecular formula is C21H23N3. The van der Waals surface area contributed by atoms with Crippen molar-refractivity contribution in [1.82, 2.24) is 14.4 Å². The lowest BCUT2D eigenvalue weighted by Gasteiger charge is -2.05. The van der Waals surface area contributed by atoms with Crippen molar-refractivity contribution in [2.24, 2.45) is 0 Å². The van der Waals surface area contributed by atoms with Crippen molar-refractivity contribution in [2.45, 2.75) is 20.8 Å². The molecule has 24 heavy (non-hydrogen) atoms. The number of hydrogen-bond donors (Lipinski definition) is 0. The highest BCUT2D eigenvalue weighted by atomic mass is 15.0. The van der Waals surface area contributed by atoms with E-state index in [1.165, 1.54) is 0 Å². The molecule has 3 nitrogen and oxygen atoms in total. The number of hydrogen-bond acceptors (Lipinski definition) is 2. The van der Waals surface area contributed by atoms with E-state index >= 15 is 0 Å². The molecule has 0 aliphatic carbocycles. The van der Waals surface area contributed by atoms with E-state index < -0.39 is 0 Å². The number of fused-ring (bicyclic) bond motifs is 1. The topological polar surface area (TPSA) is 30.2 Å². The van der Waals surface area contributed by atoms with Gasteiger partial charge >= 0.3 is 0 Å². The van der Waals surface area contributed by atoms with Crippen LogP contribution in [0.15, 0.2) is 79.9 Å². The minimum Gasteiger partial charge on any atom is -0.300 e. The largest absolute Gasteiger partial charge is 0.300 e. The summed E-state index contributed by atoms with van der Waals surface area (Å²) < 4.78 is 2.08. The minimum absolute atomic E-state index is 0.920. The highest BCUT2D eigenvalue weighted by molar-refractivity contribution is 5.76. The summed E-state index contributed by atoms with van der Waals surface area (Å²) >= 11 is 0. The minimum atomic E-state index is 0.920. The molecule has 3 aromatic heterocycles. The van der Waals surface area contributed by atoms with Crippen LogP contribution in [0, 0.1) is 0 Å². The summed E-state index contributed by atoms with van der Waals surface area (Å²) in [6.45, 7) is 9.78. The van der Waals surface area contributed by atoms with Crippen molar-refractivity contribution >= 4 is 11.2 Å². The zero-order valence-corrected chi connectivity index (χ0v) is 14.5. The van der Waals surface area contributed by atoms with Crippen LogP contribution in [0.5, 0.6) is 0 Å². The third-order valence-electron chi connectivity index (χ3n) is 3.47. The van der Waals surface area contributed by atoms with Gasteiger partial charge < -0.3 is 0 Å². The van der Waals surface area contributed by atoms with E-state index in [1.54, 1.807) is 18.5 Å². The molecule has 0 atom stereocenters. The molecule has 122 valence electrons. The van der Waals surface area contributed by atoms with Crippen molar-refractivity contribution in [2.75, 3.05) is 0 Å². The molecule has 3 heteroatoms. The summed E-state index contributed by atoms with van der Waals surface area (Å²) in [6.07, 6.45) is 15.4. The van der Waals surface area contributed by atoms with E-state index in [0.717, 1.165) is 28.0 Å². The van der Waals surface area contributed by atoms with Gasteiger partial charge in [0, 0.05) is 18.6 Å². The second-order valence-corrected chi connectivity index (χ2v) is 4.88. The first-order chi connectivity index (χ1) is 11.8. The molecule has 0 amide bonds. The Kier molecular flexibility index (Phi) is 6.26. The van der Waals surface area contributed by atoms with Gasteiger partial charge in [0.2, 0.25) is 0 Å². The lowest BCUT2D eigenvalue weighted by Crippen LogP contribution is -1.91. The molecule has 0 saturated carbocycles. The van der Waals surface area contributed by atoms with Crippen LogP contribution in [-0.2, 0) is 0 Å². The lowest BCUT2D eigenvalue weighted by molar-refractivity contribution is 1.16. The number of aromatic nitrogens is 3. The van der Waals surface area contributed by atoms with Crippen LogP contribution in [0.2, 0.25) is 0 Å². The quantitative estimate of drug-likeness (QED) is 0.589. The fourth-order valence-corrected chi connectivity index (χ4v) is 2.45. The first-order valence-electron chi connectivity index (χ1n) is 8.17. The van der Waals surface area contributed by atoms with Crippen LogP contribution in [0.3, 0.4) is 0 Å². The standard InChI is InChI=1S/C19H17N3.C2H6/c1-3-5-16(6-4-2)18-14-21-19-13-17(9-12-22(18)19)15-7-10-20-11-8-15;1-2/h3-14H,1H2,2H3;1-2H3/b6-4-,16-5+;. The number of pyridine rings is 2. The molecule has 0 bridgehead atoms. The molecule has 3 rings (SSSR count). The van der Waals surface area contributed by atoms with Crippen LogP contribution in [-0.4, -0.2) is 14.4 Å². The van der Waals surface area contributed by atoms with Crippen LogP contribution in [0.25, 0.3) is 22.3 Å². The zero-order chi connectivity index (χ0) is 17.4. The Morgan fingerprint density at radius 1 is 1.12 bits per heavy atom. The van der Waals surface area contributed by atoms with Gasteiger partial charge in [0.05, 0.1) is 11.9 Å². The van der Waals surface area contributed by atoms with Gasteiger partial charge in [-0.25, -0.2) is 4.98 Å². The molecule has 0 aliphatic heterocycles. The molecule has 0 aromatic carbocycles. The number of imidazole rings is 1. The van der Waals surface area contributed by atoms with Gasteiger partial charge in [0.15, 0.2) is 0 Å². The summed E-state index contributed by atoms with van der Waals surface area (Å²) in [5, 5.41) is 0. The smallest absolute Gasteiger partial charge is 0.137 e. The molecular weight excluding hydrogens is 294 g/mol. The van der Waals surface area contributed by atoms with E-state index in [1.807, 2.05) is 57.4 Å². The van der Waals surface area contributed by atoms with Crippen LogP contribution in [0.4, 0.5) is 0 Å². The van der Waals surface area contributed by atoms with Crippen LogP contribution in [0.1, 0.15) is 26.5 Å². The highest BCUT2D eigenvalue weighted by Crippen LogP contribution is 2.23. The Hall–Kier alpha value is -2.94.